The molecule has 3 heterocycles. The number of fused-ring (bicyclic) bond motifs is 1. The molecule has 0 radical (unpaired) electrons. The molecule has 0 aliphatic heterocycles. The number of rotatable bonds is 8. The summed E-state index contributed by atoms with van der Waals surface area (Å²) in [5, 5.41) is 11.7. The van der Waals surface area contributed by atoms with Crippen LogP contribution in [0.1, 0.15) is 18.1 Å². The summed E-state index contributed by atoms with van der Waals surface area (Å²) in [6.07, 6.45) is 3.94. The van der Waals surface area contributed by atoms with Gasteiger partial charge in [-0.1, -0.05) is 42.5 Å². The van der Waals surface area contributed by atoms with Crippen LogP contribution in [0.4, 0.5) is 16.2 Å². The lowest BCUT2D eigenvalue weighted by Gasteiger charge is -2.12. The molecule has 8 heteroatoms. The highest BCUT2D eigenvalue weighted by Gasteiger charge is 2.18. The third kappa shape index (κ3) is 6.05. The van der Waals surface area contributed by atoms with Crippen LogP contribution in [-0.4, -0.2) is 44.8 Å². The number of carbonyl (C=O) groups is 1. The van der Waals surface area contributed by atoms with Crippen molar-refractivity contribution < 1.29 is 4.79 Å². The number of aromatic nitrogens is 4. The molecule has 0 bridgehead atoms. The number of amides is 2. The molecule has 6 aromatic rings. The van der Waals surface area contributed by atoms with Gasteiger partial charge in [-0.2, -0.15) is 5.10 Å². The van der Waals surface area contributed by atoms with Crippen LogP contribution in [0, 0.1) is 6.92 Å². The van der Waals surface area contributed by atoms with Crippen molar-refractivity contribution in [3.8, 4) is 33.6 Å². The van der Waals surface area contributed by atoms with E-state index in [9.17, 15) is 4.79 Å². The second kappa shape index (κ2) is 12.0. The molecule has 8 nitrogen and oxygen atoms in total. The van der Waals surface area contributed by atoms with Crippen molar-refractivity contribution in [2.24, 2.45) is 0 Å². The van der Waals surface area contributed by atoms with Gasteiger partial charge in [0.2, 0.25) is 0 Å². The number of nitrogens with one attached hydrogen (secondary N) is 3. The molecule has 0 spiro atoms. The number of pyridine rings is 1. The van der Waals surface area contributed by atoms with Crippen molar-refractivity contribution in [3.05, 3.63) is 108 Å². The summed E-state index contributed by atoms with van der Waals surface area (Å²) in [5.74, 6) is 0. The van der Waals surface area contributed by atoms with E-state index in [1.165, 1.54) is 16.7 Å². The van der Waals surface area contributed by atoms with E-state index in [-0.39, 0.29) is 6.03 Å². The lowest BCUT2D eigenvalue weighted by atomic mass is 9.99. The molecule has 0 saturated heterocycles. The summed E-state index contributed by atoms with van der Waals surface area (Å²) in [4.78, 5) is 22.9. The minimum absolute atomic E-state index is 0.292. The minimum atomic E-state index is -0.292. The molecule has 0 saturated carbocycles. The Morgan fingerprint density at radius 1 is 0.884 bits per heavy atom. The first-order valence-corrected chi connectivity index (χ1v) is 14.4. The lowest BCUT2D eigenvalue weighted by Crippen LogP contribution is -2.19. The monoisotopic (exact) mass is 569 g/mol. The molecular formula is C35H35N7O. The van der Waals surface area contributed by atoms with Crippen molar-refractivity contribution in [2.75, 3.05) is 24.7 Å². The van der Waals surface area contributed by atoms with Crippen molar-refractivity contribution in [1.29, 1.82) is 0 Å². The molecule has 0 aliphatic rings. The van der Waals surface area contributed by atoms with Gasteiger partial charge in [0.25, 0.3) is 0 Å². The summed E-state index contributed by atoms with van der Waals surface area (Å²) in [7, 11) is 4.17. The second-order valence-electron chi connectivity index (χ2n) is 11.0. The van der Waals surface area contributed by atoms with E-state index in [0.29, 0.717) is 5.69 Å². The number of anilines is 2. The third-order valence-electron chi connectivity index (χ3n) is 7.45. The fourth-order valence-corrected chi connectivity index (χ4v) is 5.35. The van der Waals surface area contributed by atoms with Gasteiger partial charge in [0.05, 0.1) is 0 Å². The summed E-state index contributed by atoms with van der Waals surface area (Å²) in [6.45, 7) is 5.85. The number of aryl methyl sites for hydroxylation is 2. The Balaban J connectivity index is 1.33. The maximum atomic E-state index is 12.5. The number of hydrogen-bond donors (Lipinski definition) is 3. The van der Waals surface area contributed by atoms with Gasteiger partial charge in [-0.15, -0.1) is 0 Å². The maximum Gasteiger partial charge on any atom is 0.323 e. The molecular weight excluding hydrogens is 534 g/mol. The Kier molecular flexibility index (Phi) is 7.77. The van der Waals surface area contributed by atoms with Gasteiger partial charge in [0.1, 0.15) is 11.3 Å². The zero-order valence-electron chi connectivity index (χ0n) is 24.8. The standard InChI is InChI=1S/C35H35N7O/c1-5-42-22-31(33(40-42)25-13-15-27(16-14-25)38-35(43)37-26-9-7-6-8-10-26)28-17-18-36-34-30(28)20-32(39-34)29-19-24(21-41(3)4)12-11-23(29)2/h6-20,22H,5,21H2,1-4H3,(H,36,39)(H2,37,38,43). The zero-order valence-corrected chi connectivity index (χ0v) is 24.8. The van der Waals surface area contributed by atoms with E-state index in [1.807, 2.05) is 65.5 Å². The number of hydrogen-bond acceptors (Lipinski definition) is 4. The topological polar surface area (TPSA) is 90.9 Å². The van der Waals surface area contributed by atoms with Gasteiger partial charge in [-0.25, -0.2) is 9.78 Å². The van der Waals surface area contributed by atoms with Crippen LogP contribution in [0.25, 0.3) is 44.7 Å². The van der Waals surface area contributed by atoms with Crippen LogP contribution in [0.5, 0.6) is 0 Å². The van der Waals surface area contributed by atoms with Crippen molar-refractivity contribution >= 4 is 28.4 Å². The van der Waals surface area contributed by atoms with Crippen LogP contribution < -0.4 is 10.6 Å². The fraction of sp³-hybridized carbons (Fsp3) is 0.171. The Morgan fingerprint density at radius 3 is 2.35 bits per heavy atom. The Bertz CT molecular complexity index is 1890. The first kappa shape index (κ1) is 27.9. The van der Waals surface area contributed by atoms with Crippen LogP contribution in [0.15, 0.2) is 97.3 Å². The third-order valence-corrected chi connectivity index (χ3v) is 7.45. The average molecular weight is 570 g/mol. The van der Waals surface area contributed by atoms with Gasteiger partial charge in [-0.3, -0.25) is 4.68 Å². The SMILES string of the molecule is CCn1cc(-c2ccnc3[nH]c(-c4cc(CN(C)C)ccc4C)cc23)c(-c2ccc(NC(=O)Nc3ccccc3)cc2)n1. The molecule has 0 aliphatic carbocycles. The van der Waals surface area contributed by atoms with Crippen molar-refractivity contribution in [3.63, 3.8) is 0 Å². The first-order chi connectivity index (χ1) is 20.9. The summed E-state index contributed by atoms with van der Waals surface area (Å²) < 4.78 is 1.96. The average Bonchev–Trinajstić information content (AvgIpc) is 3.63. The molecule has 216 valence electrons. The fourth-order valence-electron chi connectivity index (χ4n) is 5.35. The molecule has 0 fully saturated rings. The Hall–Kier alpha value is -5.21. The van der Waals surface area contributed by atoms with E-state index < -0.39 is 0 Å². The van der Waals surface area contributed by atoms with E-state index in [4.69, 9.17) is 5.10 Å². The van der Waals surface area contributed by atoms with E-state index in [2.05, 4.69) is 90.0 Å². The van der Waals surface area contributed by atoms with Crippen molar-refractivity contribution in [2.45, 2.75) is 26.9 Å². The number of benzene rings is 3. The molecule has 2 amide bonds. The molecule has 6 rings (SSSR count). The van der Waals surface area contributed by atoms with Crippen LogP contribution in [0.2, 0.25) is 0 Å². The highest BCUT2D eigenvalue weighted by Crippen LogP contribution is 2.37. The van der Waals surface area contributed by atoms with Crippen LogP contribution in [-0.2, 0) is 13.1 Å². The first-order valence-electron chi connectivity index (χ1n) is 14.4. The number of carbonyl (C=O) groups excluding carboxylic acids is 1. The number of H-pyrrole nitrogens is 1. The second-order valence-corrected chi connectivity index (χ2v) is 11.0. The molecule has 0 unspecified atom stereocenters. The van der Waals surface area contributed by atoms with Gasteiger partial charge in [0, 0.05) is 64.6 Å². The highest BCUT2D eigenvalue weighted by molar-refractivity contribution is 6.01. The van der Waals surface area contributed by atoms with E-state index in [1.54, 1.807) is 0 Å². The highest BCUT2D eigenvalue weighted by atomic mass is 16.2. The zero-order chi connectivity index (χ0) is 29.9. The predicted octanol–water partition coefficient (Wildman–Crippen LogP) is 7.79. The minimum Gasteiger partial charge on any atom is -0.339 e. The van der Waals surface area contributed by atoms with Crippen molar-refractivity contribution in [1.82, 2.24) is 24.6 Å². The molecule has 3 N–H and O–H groups in total. The number of para-hydroxylation sites is 1. The van der Waals surface area contributed by atoms with E-state index in [0.717, 1.165) is 57.9 Å². The summed E-state index contributed by atoms with van der Waals surface area (Å²) in [6, 6.07) is 27.7. The molecule has 3 aromatic carbocycles. The summed E-state index contributed by atoms with van der Waals surface area (Å²) >= 11 is 0. The smallest absolute Gasteiger partial charge is 0.323 e. The molecule has 43 heavy (non-hydrogen) atoms. The van der Waals surface area contributed by atoms with E-state index >= 15 is 0 Å². The number of aromatic amines is 1. The predicted molar refractivity (Wildman–Crippen MR) is 175 cm³/mol. The quantitative estimate of drug-likeness (QED) is 0.174. The number of urea groups is 1. The van der Waals surface area contributed by atoms with Crippen LogP contribution >= 0.6 is 0 Å². The van der Waals surface area contributed by atoms with Gasteiger partial charge < -0.3 is 20.5 Å². The van der Waals surface area contributed by atoms with Gasteiger partial charge >= 0.3 is 6.03 Å². The molecule has 3 aromatic heterocycles. The molecule has 0 atom stereocenters. The normalized spacial score (nSPS) is 11.3. The maximum absolute atomic E-state index is 12.5. The van der Waals surface area contributed by atoms with Gasteiger partial charge in [0.15, 0.2) is 0 Å². The largest absolute Gasteiger partial charge is 0.339 e. The number of nitrogens with zero attached hydrogens (tertiary/aromatic N) is 4. The Labute approximate surface area is 251 Å². The van der Waals surface area contributed by atoms with Crippen LogP contribution in [0.3, 0.4) is 0 Å². The van der Waals surface area contributed by atoms with Gasteiger partial charge in [-0.05, 0) is 87.1 Å². The Morgan fingerprint density at radius 2 is 1.63 bits per heavy atom. The lowest BCUT2D eigenvalue weighted by molar-refractivity contribution is 0.262. The summed E-state index contributed by atoms with van der Waals surface area (Å²) in [5.41, 5.74) is 10.9.